The first kappa shape index (κ1) is 20.1. The first-order chi connectivity index (χ1) is 14.3. The van der Waals surface area contributed by atoms with Gasteiger partial charge < -0.3 is 20.4 Å². The molecule has 156 valence electrons. The Morgan fingerprint density at radius 1 is 1.07 bits per heavy atom. The van der Waals surface area contributed by atoms with E-state index >= 15 is 0 Å². The van der Waals surface area contributed by atoms with Crippen LogP contribution in [-0.4, -0.2) is 54.6 Å². The van der Waals surface area contributed by atoms with Gasteiger partial charge in [0.1, 0.15) is 5.82 Å². The van der Waals surface area contributed by atoms with Gasteiger partial charge in [0, 0.05) is 57.8 Å². The van der Waals surface area contributed by atoms with Gasteiger partial charge >= 0.3 is 0 Å². The summed E-state index contributed by atoms with van der Waals surface area (Å²) >= 11 is 0. The van der Waals surface area contributed by atoms with Crippen LogP contribution in [0, 0.1) is 0 Å². The van der Waals surface area contributed by atoms with E-state index in [0.29, 0.717) is 0 Å². The summed E-state index contributed by atoms with van der Waals surface area (Å²) in [6, 6.07) is 10.6. The predicted octanol–water partition coefficient (Wildman–Crippen LogP) is 3.05. The van der Waals surface area contributed by atoms with Crippen molar-refractivity contribution in [1.29, 1.82) is 0 Å². The van der Waals surface area contributed by atoms with E-state index in [9.17, 15) is 0 Å². The number of hydrogen-bond donors (Lipinski definition) is 2. The maximum atomic E-state index is 4.98. The van der Waals surface area contributed by atoms with Gasteiger partial charge in [0.15, 0.2) is 0 Å². The Balaban J connectivity index is 1.41. The Morgan fingerprint density at radius 3 is 2.66 bits per heavy atom. The van der Waals surface area contributed by atoms with E-state index < -0.39 is 0 Å². The summed E-state index contributed by atoms with van der Waals surface area (Å²) in [4.78, 5) is 14.7. The molecule has 2 aromatic rings. The number of aromatic nitrogens is 2. The second-order valence-corrected chi connectivity index (χ2v) is 8.27. The standard InChI is InChI=1S/C23H34N6/c1-28(18-19-9-5-4-6-10-19)16-13-25-23-26-21-11-12-24-17-20(21)22(27-23)29-14-7-2-3-8-15-29/h4-6,9-10,24H,2-3,7-8,11-18H2,1H3,(H,25,26,27). The summed E-state index contributed by atoms with van der Waals surface area (Å²) in [5.74, 6) is 1.95. The molecular weight excluding hydrogens is 360 g/mol. The van der Waals surface area contributed by atoms with Crippen molar-refractivity contribution in [3.05, 3.63) is 47.2 Å². The first-order valence-corrected chi connectivity index (χ1v) is 11.1. The van der Waals surface area contributed by atoms with Crippen LogP contribution in [0.4, 0.5) is 11.8 Å². The molecule has 1 saturated heterocycles. The fourth-order valence-corrected chi connectivity index (χ4v) is 4.28. The van der Waals surface area contributed by atoms with Crippen LogP contribution >= 0.6 is 0 Å². The lowest BCUT2D eigenvalue weighted by molar-refractivity contribution is 0.339. The summed E-state index contributed by atoms with van der Waals surface area (Å²) in [7, 11) is 2.16. The van der Waals surface area contributed by atoms with Gasteiger partial charge in [0.05, 0.1) is 5.69 Å². The number of anilines is 2. The van der Waals surface area contributed by atoms with Crippen molar-refractivity contribution < 1.29 is 0 Å². The van der Waals surface area contributed by atoms with Crippen molar-refractivity contribution in [1.82, 2.24) is 20.2 Å². The van der Waals surface area contributed by atoms with Crippen molar-refractivity contribution in [2.75, 3.05) is 50.0 Å². The maximum Gasteiger partial charge on any atom is 0.224 e. The lowest BCUT2D eigenvalue weighted by Gasteiger charge is -2.28. The minimum Gasteiger partial charge on any atom is -0.356 e. The van der Waals surface area contributed by atoms with E-state index in [0.717, 1.165) is 64.0 Å². The van der Waals surface area contributed by atoms with Gasteiger partial charge in [0.2, 0.25) is 5.95 Å². The fourth-order valence-electron chi connectivity index (χ4n) is 4.28. The molecule has 2 aliphatic rings. The molecule has 0 unspecified atom stereocenters. The van der Waals surface area contributed by atoms with Crippen LogP contribution in [0.3, 0.4) is 0 Å². The summed E-state index contributed by atoms with van der Waals surface area (Å²) in [6.07, 6.45) is 6.18. The van der Waals surface area contributed by atoms with Crippen LogP contribution in [0.15, 0.2) is 30.3 Å². The molecule has 4 rings (SSSR count). The third kappa shape index (κ3) is 5.46. The summed E-state index contributed by atoms with van der Waals surface area (Å²) in [5, 5.41) is 7.00. The first-order valence-electron chi connectivity index (χ1n) is 11.1. The average molecular weight is 395 g/mol. The monoisotopic (exact) mass is 394 g/mol. The van der Waals surface area contributed by atoms with Crippen molar-refractivity contribution in [2.45, 2.75) is 45.2 Å². The quantitative estimate of drug-likeness (QED) is 0.753. The highest BCUT2D eigenvalue weighted by Gasteiger charge is 2.22. The molecule has 1 aromatic carbocycles. The van der Waals surface area contributed by atoms with Crippen LogP contribution in [0.5, 0.6) is 0 Å². The Labute approximate surface area is 174 Å². The Morgan fingerprint density at radius 2 is 1.86 bits per heavy atom. The van der Waals surface area contributed by atoms with E-state index in [1.165, 1.54) is 42.5 Å². The number of likely N-dealkylation sites (N-methyl/N-ethyl adjacent to an activating group) is 1. The van der Waals surface area contributed by atoms with Gasteiger partial charge in [-0.1, -0.05) is 43.2 Å². The molecular formula is C23H34N6. The number of nitrogens with one attached hydrogen (secondary N) is 2. The summed E-state index contributed by atoms with van der Waals surface area (Å²) in [5.41, 5.74) is 3.87. The molecule has 1 aromatic heterocycles. The second kappa shape index (κ2) is 10.0. The van der Waals surface area contributed by atoms with Gasteiger partial charge in [-0.3, -0.25) is 0 Å². The Hall–Kier alpha value is -2.18. The van der Waals surface area contributed by atoms with Crippen molar-refractivity contribution in [3.63, 3.8) is 0 Å². The van der Waals surface area contributed by atoms with E-state index in [-0.39, 0.29) is 0 Å². The van der Waals surface area contributed by atoms with Crippen LogP contribution in [0.25, 0.3) is 0 Å². The molecule has 0 amide bonds. The highest BCUT2D eigenvalue weighted by atomic mass is 15.2. The molecule has 0 spiro atoms. The predicted molar refractivity (Wildman–Crippen MR) is 119 cm³/mol. The van der Waals surface area contributed by atoms with Crippen LogP contribution < -0.4 is 15.5 Å². The third-order valence-electron chi connectivity index (χ3n) is 5.89. The number of fused-ring (bicyclic) bond motifs is 1. The number of rotatable bonds is 7. The molecule has 0 bridgehead atoms. The molecule has 2 aliphatic heterocycles. The van der Waals surface area contributed by atoms with Crippen molar-refractivity contribution in [3.8, 4) is 0 Å². The third-order valence-corrected chi connectivity index (χ3v) is 5.89. The van der Waals surface area contributed by atoms with E-state index in [2.05, 4.69) is 57.8 Å². The lowest BCUT2D eigenvalue weighted by Crippen LogP contribution is -2.32. The normalized spacial score (nSPS) is 17.1. The van der Waals surface area contributed by atoms with Crippen LogP contribution in [0.1, 0.15) is 42.5 Å². The number of nitrogens with zero attached hydrogens (tertiary/aromatic N) is 4. The molecule has 2 N–H and O–H groups in total. The van der Waals surface area contributed by atoms with E-state index in [1.807, 2.05) is 0 Å². The van der Waals surface area contributed by atoms with Crippen LogP contribution in [0.2, 0.25) is 0 Å². The van der Waals surface area contributed by atoms with Gasteiger partial charge in [0.25, 0.3) is 0 Å². The van der Waals surface area contributed by atoms with E-state index in [1.54, 1.807) is 0 Å². The van der Waals surface area contributed by atoms with Gasteiger partial charge in [-0.25, -0.2) is 4.98 Å². The zero-order chi connectivity index (χ0) is 19.9. The van der Waals surface area contributed by atoms with Gasteiger partial charge in [-0.15, -0.1) is 0 Å². The molecule has 1 fully saturated rings. The highest BCUT2D eigenvalue weighted by Crippen LogP contribution is 2.27. The fraction of sp³-hybridized carbons (Fsp3) is 0.565. The molecule has 0 aliphatic carbocycles. The molecule has 6 nitrogen and oxygen atoms in total. The Kier molecular flexibility index (Phi) is 6.96. The van der Waals surface area contributed by atoms with Crippen molar-refractivity contribution >= 4 is 11.8 Å². The van der Waals surface area contributed by atoms with Crippen molar-refractivity contribution in [2.24, 2.45) is 0 Å². The SMILES string of the molecule is CN(CCNc1nc2c(c(N3CCCCCC3)n1)CNCC2)Cc1ccccc1. The summed E-state index contributed by atoms with van der Waals surface area (Å²) < 4.78 is 0. The molecule has 0 radical (unpaired) electrons. The maximum absolute atomic E-state index is 4.98. The molecule has 6 heteroatoms. The number of benzene rings is 1. The zero-order valence-electron chi connectivity index (χ0n) is 17.7. The van der Waals surface area contributed by atoms with Gasteiger partial charge in [-0.2, -0.15) is 4.98 Å². The average Bonchev–Trinajstić information content (AvgIpc) is 3.03. The topological polar surface area (TPSA) is 56.3 Å². The minimum atomic E-state index is 0.790. The smallest absolute Gasteiger partial charge is 0.224 e. The molecule has 3 heterocycles. The lowest BCUT2D eigenvalue weighted by atomic mass is 10.1. The molecule has 0 saturated carbocycles. The number of hydrogen-bond acceptors (Lipinski definition) is 6. The zero-order valence-corrected chi connectivity index (χ0v) is 17.7. The second-order valence-electron chi connectivity index (χ2n) is 8.27. The summed E-state index contributed by atoms with van der Waals surface area (Å²) in [6.45, 7) is 6.88. The van der Waals surface area contributed by atoms with Gasteiger partial charge in [-0.05, 0) is 25.5 Å². The molecule has 29 heavy (non-hydrogen) atoms. The largest absolute Gasteiger partial charge is 0.356 e. The van der Waals surface area contributed by atoms with E-state index in [4.69, 9.17) is 9.97 Å². The van der Waals surface area contributed by atoms with Crippen LogP contribution in [-0.2, 0) is 19.5 Å². The molecule has 0 atom stereocenters. The highest BCUT2D eigenvalue weighted by molar-refractivity contribution is 5.53. The minimum absolute atomic E-state index is 0.790. The Bertz CT molecular complexity index is 770.